The van der Waals surface area contributed by atoms with Crippen LogP contribution in [0.5, 0.6) is 11.5 Å². The Morgan fingerprint density at radius 1 is 1.27 bits per heavy atom. The molecule has 3 rings (SSSR count). The molecule has 7 nitrogen and oxygen atoms in total. The van der Waals surface area contributed by atoms with Crippen molar-refractivity contribution in [1.82, 2.24) is 9.97 Å². The van der Waals surface area contributed by atoms with Crippen molar-refractivity contribution in [3.05, 3.63) is 41.2 Å². The number of fused-ring (bicyclic) bond motifs is 1. The fourth-order valence-electron chi connectivity index (χ4n) is 3.09. The highest BCUT2D eigenvalue weighted by Crippen LogP contribution is 2.38. The van der Waals surface area contributed by atoms with Crippen LogP contribution in [0.3, 0.4) is 0 Å². The number of anilines is 1. The minimum Gasteiger partial charge on any atom is -0.497 e. The average Bonchev–Trinajstić information content (AvgIpc) is 2.66. The Balaban J connectivity index is 1.92. The molecule has 1 atom stereocenters. The van der Waals surface area contributed by atoms with E-state index < -0.39 is 0 Å². The van der Waals surface area contributed by atoms with Gasteiger partial charge in [0.2, 0.25) is 11.9 Å². The van der Waals surface area contributed by atoms with Crippen molar-refractivity contribution in [3.8, 4) is 11.5 Å². The third-order valence-electron chi connectivity index (χ3n) is 4.49. The molecule has 0 radical (unpaired) electrons. The Morgan fingerprint density at radius 3 is 2.77 bits per heavy atom. The van der Waals surface area contributed by atoms with E-state index in [1.165, 1.54) is 6.20 Å². The Labute approximate surface area is 151 Å². The molecule has 0 saturated heterocycles. The van der Waals surface area contributed by atoms with Crippen molar-refractivity contribution in [1.29, 1.82) is 0 Å². The molecule has 1 unspecified atom stereocenters. The van der Waals surface area contributed by atoms with Gasteiger partial charge in [-0.1, -0.05) is 13.0 Å². The molecule has 1 aromatic carbocycles. The van der Waals surface area contributed by atoms with Gasteiger partial charge in [0.15, 0.2) is 5.78 Å². The molecule has 1 N–H and O–H groups in total. The van der Waals surface area contributed by atoms with Gasteiger partial charge in [0.1, 0.15) is 11.5 Å². The maximum Gasteiger partial charge on any atom is 0.229 e. The van der Waals surface area contributed by atoms with Gasteiger partial charge in [-0.15, -0.1) is 0 Å². The van der Waals surface area contributed by atoms with E-state index in [0.29, 0.717) is 42.0 Å². The van der Waals surface area contributed by atoms with Crippen molar-refractivity contribution in [2.75, 3.05) is 19.5 Å². The van der Waals surface area contributed by atoms with Gasteiger partial charge in [-0.05, 0) is 18.1 Å². The maximum atomic E-state index is 12.5. The Morgan fingerprint density at radius 2 is 2.08 bits per heavy atom. The van der Waals surface area contributed by atoms with Crippen LogP contribution in [0.2, 0.25) is 0 Å². The minimum atomic E-state index is -0.166. The van der Waals surface area contributed by atoms with Crippen molar-refractivity contribution in [2.45, 2.75) is 32.1 Å². The van der Waals surface area contributed by atoms with Crippen LogP contribution in [0.4, 0.5) is 5.95 Å². The van der Waals surface area contributed by atoms with Crippen LogP contribution >= 0.6 is 0 Å². The number of hydrogen-bond acceptors (Lipinski definition) is 6. The van der Waals surface area contributed by atoms with Gasteiger partial charge in [0.05, 0.1) is 25.5 Å². The van der Waals surface area contributed by atoms with Gasteiger partial charge in [-0.2, -0.15) is 0 Å². The van der Waals surface area contributed by atoms with Crippen LogP contribution in [0.15, 0.2) is 24.4 Å². The molecule has 2 aromatic rings. The first-order valence-corrected chi connectivity index (χ1v) is 8.46. The van der Waals surface area contributed by atoms with Crippen LogP contribution < -0.4 is 14.8 Å². The fraction of sp³-hybridized carbons (Fsp3) is 0.368. The summed E-state index contributed by atoms with van der Waals surface area (Å²) in [5.74, 6) is 1.37. The number of ketones is 1. The monoisotopic (exact) mass is 355 g/mol. The lowest BCUT2D eigenvalue weighted by molar-refractivity contribution is -0.115. The van der Waals surface area contributed by atoms with E-state index >= 15 is 0 Å². The molecule has 0 bridgehead atoms. The second kappa shape index (κ2) is 7.51. The first-order chi connectivity index (χ1) is 12.5. The number of Topliss-reactive ketones (excluding diaryl/α,β-unsaturated/α-hetero) is 1. The summed E-state index contributed by atoms with van der Waals surface area (Å²) >= 11 is 0. The zero-order valence-electron chi connectivity index (χ0n) is 15.0. The van der Waals surface area contributed by atoms with E-state index in [0.717, 1.165) is 5.56 Å². The molecule has 0 spiro atoms. The zero-order chi connectivity index (χ0) is 18.7. The molecule has 1 aromatic heterocycles. The number of methoxy groups -OCH3 is 2. The van der Waals surface area contributed by atoms with E-state index in [4.69, 9.17) is 9.47 Å². The Kier molecular flexibility index (Phi) is 5.16. The van der Waals surface area contributed by atoms with E-state index in [1.54, 1.807) is 21.1 Å². The quantitative estimate of drug-likeness (QED) is 0.887. The highest BCUT2D eigenvalue weighted by molar-refractivity contribution is 5.99. The fourth-order valence-corrected chi connectivity index (χ4v) is 3.09. The summed E-state index contributed by atoms with van der Waals surface area (Å²) in [5.41, 5.74) is 2.10. The number of carbonyl (C=O) groups is 2. The molecule has 136 valence electrons. The second-order valence-corrected chi connectivity index (χ2v) is 6.09. The van der Waals surface area contributed by atoms with Gasteiger partial charge < -0.3 is 9.47 Å². The third kappa shape index (κ3) is 3.51. The van der Waals surface area contributed by atoms with Crippen molar-refractivity contribution < 1.29 is 19.1 Å². The number of hydrogen-bond donors (Lipinski definition) is 1. The lowest BCUT2D eigenvalue weighted by Gasteiger charge is -2.25. The van der Waals surface area contributed by atoms with Crippen LogP contribution in [0.1, 0.15) is 47.3 Å². The largest absolute Gasteiger partial charge is 0.497 e. The smallest absolute Gasteiger partial charge is 0.229 e. The Hall–Kier alpha value is -2.96. The van der Waals surface area contributed by atoms with Crippen LogP contribution in [-0.2, 0) is 11.2 Å². The first kappa shape index (κ1) is 17.8. The number of carbonyl (C=O) groups excluding carboxylic acids is 2. The van der Waals surface area contributed by atoms with E-state index in [9.17, 15) is 9.59 Å². The predicted octanol–water partition coefficient (Wildman–Crippen LogP) is 2.76. The number of ether oxygens (including phenoxy) is 2. The molecular formula is C19H21N3O4. The summed E-state index contributed by atoms with van der Waals surface area (Å²) in [6.45, 7) is 1.75. The molecule has 0 aliphatic heterocycles. The molecule has 7 heteroatoms. The topological polar surface area (TPSA) is 90.4 Å². The number of nitrogens with one attached hydrogen (secondary N) is 1. The summed E-state index contributed by atoms with van der Waals surface area (Å²) in [6, 6.07) is 5.58. The average molecular weight is 355 g/mol. The van der Waals surface area contributed by atoms with Crippen molar-refractivity contribution in [2.24, 2.45) is 0 Å². The number of benzene rings is 1. The van der Waals surface area contributed by atoms with Gasteiger partial charge in [0, 0.05) is 31.0 Å². The van der Waals surface area contributed by atoms with Crippen molar-refractivity contribution in [3.63, 3.8) is 0 Å². The van der Waals surface area contributed by atoms with Crippen molar-refractivity contribution >= 4 is 17.6 Å². The maximum absolute atomic E-state index is 12.5. The minimum absolute atomic E-state index is 0.0116. The molecule has 1 heterocycles. The van der Waals surface area contributed by atoms with Gasteiger partial charge in [-0.25, -0.2) is 9.97 Å². The summed E-state index contributed by atoms with van der Waals surface area (Å²) < 4.78 is 10.7. The van der Waals surface area contributed by atoms with Crippen LogP contribution in [0.25, 0.3) is 0 Å². The molecule has 0 saturated carbocycles. The lowest BCUT2D eigenvalue weighted by atomic mass is 9.82. The highest BCUT2D eigenvalue weighted by Gasteiger charge is 2.30. The van der Waals surface area contributed by atoms with Gasteiger partial charge in [-0.3, -0.25) is 14.9 Å². The highest BCUT2D eigenvalue weighted by atomic mass is 16.5. The summed E-state index contributed by atoms with van der Waals surface area (Å²) in [7, 11) is 3.19. The normalized spacial score (nSPS) is 16.0. The van der Waals surface area contributed by atoms with Crippen LogP contribution in [-0.4, -0.2) is 35.9 Å². The third-order valence-corrected chi connectivity index (χ3v) is 4.49. The van der Waals surface area contributed by atoms with Gasteiger partial charge in [0.25, 0.3) is 0 Å². The molecule has 1 amide bonds. The van der Waals surface area contributed by atoms with Gasteiger partial charge >= 0.3 is 0 Å². The number of amides is 1. The van der Waals surface area contributed by atoms with Crippen LogP contribution in [0, 0.1) is 0 Å². The van der Waals surface area contributed by atoms with E-state index in [2.05, 4.69) is 15.3 Å². The summed E-state index contributed by atoms with van der Waals surface area (Å²) in [5, 5.41) is 2.64. The first-order valence-electron chi connectivity index (χ1n) is 8.46. The summed E-state index contributed by atoms with van der Waals surface area (Å²) in [6.07, 6.45) is 2.77. The molecular weight excluding hydrogens is 334 g/mol. The molecule has 1 aliphatic rings. The zero-order valence-corrected chi connectivity index (χ0v) is 15.0. The number of rotatable bonds is 5. The SMILES string of the molecule is CCC(=O)Nc1ncc2c(n1)CC(c1ccc(OC)cc1OC)CC2=O. The van der Waals surface area contributed by atoms with E-state index in [1.807, 2.05) is 18.2 Å². The number of aromatic nitrogens is 2. The summed E-state index contributed by atoms with van der Waals surface area (Å²) in [4.78, 5) is 32.6. The molecule has 26 heavy (non-hydrogen) atoms. The lowest BCUT2D eigenvalue weighted by Crippen LogP contribution is -2.22. The number of nitrogens with zero attached hydrogens (tertiary/aromatic N) is 2. The molecule has 1 aliphatic carbocycles. The predicted molar refractivity (Wildman–Crippen MR) is 95.9 cm³/mol. The second-order valence-electron chi connectivity index (χ2n) is 6.09. The van der Waals surface area contributed by atoms with E-state index in [-0.39, 0.29) is 23.6 Å². The standard InChI is InChI=1S/C19H21N3O4/c1-4-18(24)22-19-20-10-14-15(21-19)7-11(8-16(14)23)13-6-5-12(25-2)9-17(13)26-3/h5-6,9-11H,4,7-8H2,1-3H3,(H,20,21,22,24). The Bertz CT molecular complexity index is 851. The molecule has 0 fully saturated rings.